The Balaban J connectivity index is 2.01. The number of Topliss-reactive ketones (excluding diaryl/α,β-unsaturated/α-hetero) is 1. The molecule has 1 atom stereocenters. The Labute approximate surface area is 150 Å². The van der Waals surface area contributed by atoms with E-state index >= 15 is 0 Å². The summed E-state index contributed by atoms with van der Waals surface area (Å²) in [6.07, 6.45) is 0. The van der Waals surface area contributed by atoms with Crippen LogP contribution in [0.3, 0.4) is 0 Å². The van der Waals surface area contributed by atoms with E-state index in [-0.39, 0.29) is 11.5 Å². The molecule has 0 aliphatic carbocycles. The van der Waals surface area contributed by atoms with E-state index in [0.29, 0.717) is 39.8 Å². The maximum atomic E-state index is 13.0. The van der Waals surface area contributed by atoms with Crippen LogP contribution in [0.2, 0.25) is 0 Å². The summed E-state index contributed by atoms with van der Waals surface area (Å²) in [7, 11) is 5.93. The van der Waals surface area contributed by atoms with Gasteiger partial charge in [-0.25, -0.2) is 5.43 Å². The minimum Gasteiger partial charge on any atom is -0.503 e. The third kappa shape index (κ3) is 2.74. The van der Waals surface area contributed by atoms with Crippen LogP contribution in [0.15, 0.2) is 24.3 Å². The van der Waals surface area contributed by atoms with Crippen LogP contribution in [0.5, 0.6) is 28.7 Å². The molecule has 0 radical (unpaired) electrons. The molecule has 3 N–H and O–H groups in total. The third-order valence-corrected chi connectivity index (χ3v) is 4.26. The highest BCUT2D eigenvalue weighted by molar-refractivity contribution is 6.03. The van der Waals surface area contributed by atoms with E-state index in [9.17, 15) is 9.90 Å². The molecule has 8 heteroatoms. The molecule has 2 aromatic carbocycles. The summed E-state index contributed by atoms with van der Waals surface area (Å²) < 4.78 is 21.0. The Kier molecular flexibility index (Phi) is 4.77. The van der Waals surface area contributed by atoms with Gasteiger partial charge >= 0.3 is 0 Å². The van der Waals surface area contributed by atoms with Gasteiger partial charge in [-0.1, -0.05) is 6.07 Å². The second-order valence-corrected chi connectivity index (χ2v) is 5.56. The maximum Gasteiger partial charge on any atom is 0.203 e. The fourth-order valence-corrected chi connectivity index (χ4v) is 2.94. The molecule has 138 valence electrons. The number of hydrogen-bond donors (Lipinski definition) is 3. The van der Waals surface area contributed by atoms with Gasteiger partial charge in [0.05, 0.1) is 28.4 Å². The van der Waals surface area contributed by atoms with Crippen LogP contribution in [0.4, 0.5) is 5.69 Å². The molecule has 1 aliphatic rings. The molecule has 0 aromatic heterocycles. The summed E-state index contributed by atoms with van der Waals surface area (Å²) in [4.78, 5) is 13.0. The van der Waals surface area contributed by atoms with Gasteiger partial charge in [-0.2, -0.15) is 0 Å². The number of hydrazine groups is 1. The van der Waals surface area contributed by atoms with E-state index in [1.807, 2.05) is 0 Å². The van der Waals surface area contributed by atoms with Crippen LogP contribution in [-0.4, -0.2) is 39.3 Å². The summed E-state index contributed by atoms with van der Waals surface area (Å²) in [5, 5.41) is 10.2. The van der Waals surface area contributed by atoms with Gasteiger partial charge in [-0.15, -0.1) is 0 Å². The predicted octanol–water partition coefficient (Wildman–Crippen LogP) is 2.28. The molecule has 0 bridgehead atoms. The number of ether oxygens (including phenoxy) is 4. The molecule has 1 unspecified atom stereocenters. The van der Waals surface area contributed by atoms with Gasteiger partial charge in [0.1, 0.15) is 11.7 Å². The van der Waals surface area contributed by atoms with Crippen molar-refractivity contribution in [2.24, 2.45) is 0 Å². The number of phenols is 1. The van der Waals surface area contributed by atoms with Gasteiger partial charge in [-0.3, -0.25) is 4.79 Å². The molecular formula is C18H20N2O6. The number of carbonyl (C=O) groups excluding carboxylic acids is 1. The van der Waals surface area contributed by atoms with Crippen LogP contribution in [-0.2, 0) is 0 Å². The second kappa shape index (κ2) is 7.01. The minimum atomic E-state index is -0.690. The van der Waals surface area contributed by atoms with E-state index in [4.69, 9.17) is 18.9 Å². The van der Waals surface area contributed by atoms with Gasteiger partial charge in [0.15, 0.2) is 28.8 Å². The van der Waals surface area contributed by atoms with E-state index in [1.54, 1.807) is 24.3 Å². The molecule has 26 heavy (non-hydrogen) atoms. The van der Waals surface area contributed by atoms with Gasteiger partial charge in [0.2, 0.25) is 5.75 Å². The number of ketones is 1. The maximum absolute atomic E-state index is 13.0. The Morgan fingerprint density at radius 1 is 0.962 bits per heavy atom. The van der Waals surface area contributed by atoms with E-state index < -0.39 is 6.04 Å². The lowest BCUT2D eigenvalue weighted by Crippen LogP contribution is -2.26. The van der Waals surface area contributed by atoms with Crippen LogP contribution in [0.25, 0.3) is 0 Å². The Hall–Kier alpha value is -3.13. The summed E-state index contributed by atoms with van der Waals surface area (Å²) in [5.41, 5.74) is 7.13. The molecule has 8 nitrogen and oxygen atoms in total. The zero-order valence-electron chi connectivity index (χ0n) is 14.9. The lowest BCUT2D eigenvalue weighted by Gasteiger charge is -2.16. The van der Waals surface area contributed by atoms with Crippen molar-refractivity contribution in [3.63, 3.8) is 0 Å². The number of carbonyl (C=O) groups is 1. The number of methoxy groups -OCH3 is 4. The quantitative estimate of drug-likeness (QED) is 0.533. The number of benzene rings is 2. The molecule has 0 spiro atoms. The first-order valence-corrected chi connectivity index (χ1v) is 7.81. The van der Waals surface area contributed by atoms with Gasteiger partial charge < -0.3 is 29.5 Å². The van der Waals surface area contributed by atoms with Crippen molar-refractivity contribution in [2.75, 3.05) is 33.9 Å². The Bertz CT molecular complexity index is 827. The largest absolute Gasteiger partial charge is 0.503 e. The lowest BCUT2D eigenvalue weighted by molar-refractivity contribution is 0.0950. The fourth-order valence-electron chi connectivity index (χ4n) is 2.94. The standard InChI is InChI=1S/C18H20N2O6/c1-23-11-6-5-10-14(19-20-15(10)17(11)22)16(21)9-7-12(24-2)18(26-4)13(8-9)25-3/h5-8,14,19-20,22H,1-4H3. The van der Waals surface area contributed by atoms with Crippen molar-refractivity contribution in [3.8, 4) is 28.7 Å². The third-order valence-electron chi connectivity index (χ3n) is 4.26. The summed E-state index contributed by atoms with van der Waals surface area (Å²) in [5.74, 6) is 1.22. The minimum absolute atomic E-state index is 0.0577. The van der Waals surface area contributed by atoms with E-state index in [2.05, 4.69) is 10.9 Å². The van der Waals surface area contributed by atoms with Gasteiger partial charge in [-0.05, 0) is 18.2 Å². The van der Waals surface area contributed by atoms with Crippen LogP contribution < -0.4 is 29.8 Å². The molecule has 0 saturated carbocycles. The number of aromatic hydroxyl groups is 1. The topological polar surface area (TPSA) is 98.3 Å². The van der Waals surface area contributed by atoms with Crippen molar-refractivity contribution >= 4 is 11.5 Å². The van der Waals surface area contributed by atoms with Crippen LogP contribution >= 0.6 is 0 Å². The average Bonchev–Trinajstić information content (AvgIpc) is 3.11. The second-order valence-electron chi connectivity index (χ2n) is 5.56. The molecule has 0 fully saturated rings. The summed E-state index contributed by atoms with van der Waals surface area (Å²) in [6.45, 7) is 0. The van der Waals surface area contributed by atoms with Gasteiger partial charge in [0.25, 0.3) is 0 Å². The molecule has 1 aliphatic heterocycles. The number of anilines is 1. The monoisotopic (exact) mass is 360 g/mol. The first-order valence-electron chi connectivity index (χ1n) is 7.81. The number of phenolic OH excluding ortho intramolecular Hbond substituents is 1. The SMILES string of the molecule is COc1ccc2c(c1O)NNC2C(=O)c1cc(OC)c(OC)c(OC)c1. The molecule has 3 rings (SSSR count). The summed E-state index contributed by atoms with van der Waals surface area (Å²) >= 11 is 0. The van der Waals surface area contributed by atoms with Crippen LogP contribution in [0.1, 0.15) is 22.0 Å². The number of rotatable bonds is 6. The predicted molar refractivity (Wildman–Crippen MR) is 94.6 cm³/mol. The van der Waals surface area contributed by atoms with Crippen LogP contribution in [0, 0.1) is 0 Å². The van der Waals surface area contributed by atoms with Crippen molar-refractivity contribution < 1.29 is 28.8 Å². The molecular weight excluding hydrogens is 340 g/mol. The number of nitrogens with one attached hydrogen (secondary N) is 2. The summed E-state index contributed by atoms with van der Waals surface area (Å²) in [6, 6.07) is 5.82. The number of hydrogen-bond acceptors (Lipinski definition) is 8. The van der Waals surface area contributed by atoms with E-state index in [1.165, 1.54) is 28.4 Å². The zero-order valence-corrected chi connectivity index (χ0v) is 14.9. The Morgan fingerprint density at radius 3 is 2.12 bits per heavy atom. The molecule has 1 heterocycles. The molecule has 0 saturated heterocycles. The van der Waals surface area contributed by atoms with Crippen molar-refractivity contribution in [2.45, 2.75) is 6.04 Å². The van der Waals surface area contributed by atoms with Gasteiger partial charge in [0, 0.05) is 11.1 Å². The highest BCUT2D eigenvalue weighted by Gasteiger charge is 2.33. The van der Waals surface area contributed by atoms with Crippen molar-refractivity contribution in [1.82, 2.24) is 5.43 Å². The fraction of sp³-hybridized carbons (Fsp3) is 0.278. The zero-order chi connectivity index (χ0) is 18.8. The molecule has 0 amide bonds. The van der Waals surface area contributed by atoms with E-state index in [0.717, 1.165) is 0 Å². The lowest BCUT2D eigenvalue weighted by atomic mass is 9.97. The normalized spacial score (nSPS) is 15.0. The smallest absolute Gasteiger partial charge is 0.203 e. The van der Waals surface area contributed by atoms with Crippen molar-refractivity contribution in [1.29, 1.82) is 0 Å². The average molecular weight is 360 g/mol. The highest BCUT2D eigenvalue weighted by Crippen LogP contribution is 2.44. The highest BCUT2D eigenvalue weighted by atomic mass is 16.5. The first kappa shape index (κ1) is 17.7. The number of fused-ring (bicyclic) bond motifs is 1. The Morgan fingerprint density at radius 2 is 1.58 bits per heavy atom. The first-order chi connectivity index (χ1) is 12.5. The van der Waals surface area contributed by atoms with Crippen molar-refractivity contribution in [3.05, 3.63) is 35.4 Å². The molecule has 2 aromatic rings.